The molecule has 1 saturated heterocycles. The van der Waals surface area contributed by atoms with E-state index in [-0.39, 0.29) is 24.8 Å². The maximum Gasteiger partial charge on any atom is 0.307 e. The van der Waals surface area contributed by atoms with E-state index in [2.05, 4.69) is 15.4 Å². The fraction of sp³-hybridized carbons (Fsp3) is 0.818. The highest BCUT2D eigenvalue weighted by atomic mass is 16.5. The minimum Gasteiger partial charge on any atom is -0.469 e. The monoisotopic (exact) mass is 244 g/mol. The second kappa shape index (κ2) is 6.56. The molecule has 0 unspecified atom stereocenters. The summed E-state index contributed by atoms with van der Waals surface area (Å²) >= 11 is 0. The number of carbonyl (C=O) groups excluding carboxylic acids is 2. The predicted molar refractivity (Wildman–Crippen MR) is 61.5 cm³/mol. The third-order valence-electron chi connectivity index (χ3n) is 3.06. The van der Waals surface area contributed by atoms with Crippen molar-refractivity contribution in [3.63, 3.8) is 0 Å². The van der Waals surface area contributed by atoms with Gasteiger partial charge in [0.2, 0.25) is 0 Å². The summed E-state index contributed by atoms with van der Waals surface area (Å²) in [6.07, 6.45) is 1.47. The Bertz CT molecular complexity index is 275. The number of esters is 1. The van der Waals surface area contributed by atoms with Gasteiger partial charge < -0.3 is 20.1 Å². The van der Waals surface area contributed by atoms with Gasteiger partial charge in [-0.05, 0) is 25.9 Å². The molecular weight excluding hydrogens is 224 g/mol. The molecule has 0 aromatic carbocycles. The van der Waals surface area contributed by atoms with Crippen LogP contribution in [0.3, 0.4) is 0 Å². The van der Waals surface area contributed by atoms with Gasteiger partial charge in [-0.1, -0.05) is 0 Å². The maximum absolute atomic E-state index is 12.0. The standard InChI is InChI=1S/C11H20N2O4/c1-16-9(14)3-6-13-10(15)11(17-2)4-7-12-8-5-11/h12H,3-8H2,1-2H3,(H,13,15). The predicted octanol–water partition coefficient (Wildman–Crippen LogP) is -0.566. The highest BCUT2D eigenvalue weighted by molar-refractivity contribution is 5.85. The van der Waals surface area contributed by atoms with Crippen molar-refractivity contribution < 1.29 is 19.1 Å². The van der Waals surface area contributed by atoms with Crippen LogP contribution in [-0.4, -0.2) is 51.3 Å². The van der Waals surface area contributed by atoms with Gasteiger partial charge in [0.15, 0.2) is 0 Å². The number of ether oxygens (including phenoxy) is 2. The van der Waals surface area contributed by atoms with Gasteiger partial charge in [0.25, 0.3) is 5.91 Å². The van der Waals surface area contributed by atoms with Crippen LogP contribution in [0.4, 0.5) is 0 Å². The summed E-state index contributed by atoms with van der Waals surface area (Å²) in [5.41, 5.74) is -0.749. The first-order valence-corrected chi connectivity index (χ1v) is 5.75. The van der Waals surface area contributed by atoms with Crippen LogP contribution in [0.15, 0.2) is 0 Å². The summed E-state index contributed by atoms with van der Waals surface area (Å²) < 4.78 is 9.85. The molecule has 0 radical (unpaired) electrons. The molecule has 0 aromatic rings. The number of methoxy groups -OCH3 is 2. The van der Waals surface area contributed by atoms with E-state index in [9.17, 15) is 9.59 Å². The molecule has 0 spiro atoms. The van der Waals surface area contributed by atoms with Crippen molar-refractivity contribution in [2.24, 2.45) is 0 Å². The van der Waals surface area contributed by atoms with Gasteiger partial charge in [-0.2, -0.15) is 0 Å². The third kappa shape index (κ3) is 3.67. The Hall–Kier alpha value is -1.14. The van der Waals surface area contributed by atoms with Crippen LogP contribution in [0, 0.1) is 0 Å². The normalized spacial score (nSPS) is 18.5. The molecule has 0 atom stereocenters. The lowest BCUT2D eigenvalue weighted by Crippen LogP contribution is -2.54. The molecule has 0 aliphatic carbocycles. The van der Waals surface area contributed by atoms with Crippen LogP contribution in [-0.2, 0) is 19.1 Å². The van der Waals surface area contributed by atoms with E-state index in [4.69, 9.17) is 4.74 Å². The molecule has 1 rings (SSSR count). The Balaban J connectivity index is 2.41. The lowest BCUT2D eigenvalue weighted by molar-refractivity contribution is -0.147. The van der Waals surface area contributed by atoms with Crippen LogP contribution in [0.1, 0.15) is 19.3 Å². The van der Waals surface area contributed by atoms with Crippen LogP contribution < -0.4 is 10.6 Å². The smallest absolute Gasteiger partial charge is 0.307 e. The first-order valence-electron chi connectivity index (χ1n) is 5.75. The van der Waals surface area contributed by atoms with Crippen molar-refractivity contribution in [2.45, 2.75) is 24.9 Å². The molecule has 1 aliphatic rings. The minimum absolute atomic E-state index is 0.148. The number of piperidine rings is 1. The zero-order valence-corrected chi connectivity index (χ0v) is 10.4. The van der Waals surface area contributed by atoms with E-state index >= 15 is 0 Å². The van der Waals surface area contributed by atoms with Crippen molar-refractivity contribution >= 4 is 11.9 Å². The molecule has 0 saturated carbocycles. The second-order valence-electron chi connectivity index (χ2n) is 4.03. The fourth-order valence-electron chi connectivity index (χ4n) is 1.90. The lowest BCUT2D eigenvalue weighted by atomic mass is 9.91. The van der Waals surface area contributed by atoms with Crippen molar-refractivity contribution in [1.29, 1.82) is 0 Å². The van der Waals surface area contributed by atoms with Gasteiger partial charge in [0.1, 0.15) is 5.60 Å². The average Bonchev–Trinajstić information content (AvgIpc) is 2.39. The Kier molecular flexibility index (Phi) is 5.37. The Morgan fingerprint density at radius 1 is 1.29 bits per heavy atom. The van der Waals surface area contributed by atoms with Gasteiger partial charge in [-0.15, -0.1) is 0 Å². The molecule has 0 bridgehead atoms. The Morgan fingerprint density at radius 2 is 1.94 bits per heavy atom. The molecular formula is C11H20N2O4. The SMILES string of the molecule is COC(=O)CCNC(=O)C1(OC)CCNCC1. The highest BCUT2D eigenvalue weighted by Gasteiger charge is 2.39. The van der Waals surface area contributed by atoms with Crippen LogP contribution in [0.25, 0.3) is 0 Å². The van der Waals surface area contributed by atoms with E-state index in [1.807, 2.05) is 0 Å². The highest BCUT2D eigenvalue weighted by Crippen LogP contribution is 2.22. The molecule has 1 heterocycles. The summed E-state index contributed by atoms with van der Waals surface area (Å²) in [5, 5.41) is 5.89. The number of carbonyl (C=O) groups is 2. The minimum atomic E-state index is -0.749. The average molecular weight is 244 g/mol. The third-order valence-corrected chi connectivity index (χ3v) is 3.06. The Morgan fingerprint density at radius 3 is 2.47 bits per heavy atom. The number of amides is 1. The second-order valence-corrected chi connectivity index (χ2v) is 4.03. The van der Waals surface area contributed by atoms with Gasteiger partial charge in [-0.3, -0.25) is 9.59 Å². The summed E-state index contributed by atoms with van der Waals surface area (Å²) in [5.74, 6) is -0.479. The molecule has 1 amide bonds. The zero-order valence-electron chi connectivity index (χ0n) is 10.4. The molecule has 1 fully saturated rings. The number of hydrogen-bond donors (Lipinski definition) is 2. The van der Waals surface area contributed by atoms with Crippen LogP contribution in [0.5, 0.6) is 0 Å². The fourth-order valence-corrected chi connectivity index (χ4v) is 1.90. The first kappa shape index (κ1) is 13.9. The van der Waals surface area contributed by atoms with Gasteiger partial charge in [0, 0.05) is 13.7 Å². The van der Waals surface area contributed by atoms with Crippen LogP contribution >= 0.6 is 0 Å². The largest absolute Gasteiger partial charge is 0.469 e. The van der Waals surface area contributed by atoms with E-state index in [1.54, 1.807) is 7.11 Å². The van der Waals surface area contributed by atoms with E-state index < -0.39 is 5.60 Å². The van der Waals surface area contributed by atoms with Gasteiger partial charge in [-0.25, -0.2) is 0 Å². The molecule has 6 heteroatoms. The number of rotatable bonds is 5. The molecule has 6 nitrogen and oxygen atoms in total. The quantitative estimate of drug-likeness (QED) is 0.634. The molecule has 98 valence electrons. The Labute approximate surface area is 101 Å². The molecule has 17 heavy (non-hydrogen) atoms. The summed E-state index contributed by atoms with van der Waals surface area (Å²) in [4.78, 5) is 22.9. The summed E-state index contributed by atoms with van der Waals surface area (Å²) in [6, 6.07) is 0. The topological polar surface area (TPSA) is 76.7 Å². The number of hydrogen-bond acceptors (Lipinski definition) is 5. The van der Waals surface area contributed by atoms with Gasteiger partial charge >= 0.3 is 5.97 Å². The van der Waals surface area contributed by atoms with Crippen LogP contribution in [0.2, 0.25) is 0 Å². The maximum atomic E-state index is 12.0. The van der Waals surface area contributed by atoms with Crippen molar-refractivity contribution in [2.75, 3.05) is 33.9 Å². The summed E-state index contributed by atoms with van der Waals surface area (Å²) in [7, 11) is 2.87. The van der Waals surface area contributed by atoms with Crippen molar-refractivity contribution in [3.05, 3.63) is 0 Å². The summed E-state index contributed by atoms with van der Waals surface area (Å²) in [6.45, 7) is 1.81. The van der Waals surface area contributed by atoms with E-state index in [0.29, 0.717) is 12.8 Å². The van der Waals surface area contributed by atoms with Crippen molar-refractivity contribution in [3.8, 4) is 0 Å². The van der Waals surface area contributed by atoms with Crippen molar-refractivity contribution in [1.82, 2.24) is 10.6 Å². The molecule has 2 N–H and O–H groups in total. The molecule has 1 aliphatic heterocycles. The zero-order chi connectivity index (χ0) is 12.7. The van der Waals surface area contributed by atoms with E-state index in [0.717, 1.165) is 13.1 Å². The number of nitrogens with one attached hydrogen (secondary N) is 2. The first-order chi connectivity index (χ1) is 8.14. The molecule has 0 aromatic heterocycles. The van der Waals surface area contributed by atoms with Gasteiger partial charge in [0.05, 0.1) is 13.5 Å². The lowest BCUT2D eigenvalue weighted by Gasteiger charge is -2.34. The van der Waals surface area contributed by atoms with E-state index in [1.165, 1.54) is 7.11 Å².